The molecule has 0 atom stereocenters. The van der Waals surface area contributed by atoms with Crippen LogP contribution >= 0.6 is 0 Å². The Balaban J connectivity index is 1.63. The Bertz CT molecular complexity index is 841. The van der Waals surface area contributed by atoms with E-state index in [0.717, 1.165) is 16.9 Å². The third kappa shape index (κ3) is 3.81. The smallest absolute Gasteiger partial charge is 0.291 e. The molecule has 1 aromatic carbocycles. The van der Waals surface area contributed by atoms with E-state index >= 15 is 0 Å². The molecule has 0 saturated heterocycles. The highest BCUT2D eigenvalue weighted by Crippen LogP contribution is 2.21. The molecule has 3 rings (SSSR count). The van der Waals surface area contributed by atoms with E-state index in [1.165, 1.54) is 0 Å². The molecule has 0 spiro atoms. The van der Waals surface area contributed by atoms with Gasteiger partial charge in [-0.3, -0.25) is 4.79 Å². The molecule has 122 valence electrons. The topological polar surface area (TPSA) is 65.6 Å². The second kappa shape index (κ2) is 7.00. The fourth-order valence-corrected chi connectivity index (χ4v) is 2.25. The number of rotatable bonds is 5. The van der Waals surface area contributed by atoms with Gasteiger partial charge < -0.3 is 14.5 Å². The average molecular weight is 323 g/mol. The lowest BCUT2D eigenvalue weighted by atomic mass is 10.1. The van der Waals surface area contributed by atoms with Crippen LogP contribution in [-0.4, -0.2) is 5.91 Å². The number of anilines is 1. The van der Waals surface area contributed by atoms with E-state index in [0.29, 0.717) is 11.4 Å². The molecular formula is C19H19N2O3+. The van der Waals surface area contributed by atoms with Crippen molar-refractivity contribution in [3.05, 3.63) is 77.5 Å². The number of hydrogen-bond acceptors (Lipinski definition) is 3. The first-order chi connectivity index (χ1) is 11.6. The molecule has 2 aromatic heterocycles. The van der Waals surface area contributed by atoms with Crippen molar-refractivity contribution >= 4 is 11.6 Å². The van der Waals surface area contributed by atoms with Crippen LogP contribution in [-0.2, 0) is 6.61 Å². The van der Waals surface area contributed by atoms with Crippen LogP contribution < -0.4 is 15.0 Å². The molecule has 5 nitrogen and oxygen atoms in total. The Morgan fingerprint density at radius 3 is 2.71 bits per heavy atom. The van der Waals surface area contributed by atoms with Crippen molar-refractivity contribution < 1.29 is 18.9 Å². The molecule has 24 heavy (non-hydrogen) atoms. The predicted octanol–water partition coefficient (Wildman–Crippen LogP) is 3.54. The van der Waals surface area contributed by atoms with Crippen molar-refractivity contribution in [3.63, 3.8) is 0 Å². The van der Waals surface area contributed by atoms with Crippen LogP contribution in [0, 0.1) is 13.8 Å². The van der Waals surface area contributed by atoms with Gasteiger partial charge >= 0.3 is 0 Å². The number of nitrogens with one attached hydrogen (secondary N) is 2. The molecule has 3 aromatic rings. The van der Waals surface area contributed by atoms with Crippen LogP contribution in [0.5, 0.6) is 5.75 Å². The highest BCUT2D eigenvalue weighted by molar-refractivity contribution is 6.02. The lowest BCUT2D eigenvalue weighted by molar-refractivity contribution is -0.377. The number of amides is 1. The van der Waals surface area contributed by atoms with Gasteiger partial charge in [0, 0.05) is 12.1 Å². The van der Waals surface area contributed by atoms with E-state index in [1.807, 2.05) is 32.0 Å². The zero-order chi connectivity index (χ0) is 16.9. The number of pyridine rings is 1. The monoisotopic (exact) mass is 323 g/mol. The molecule has 1 amide bonds. The molecule has 0 unspecified atom stereocenters. The van der Waals surface area contributed by atoms with Crippen molar-refractivity contribution in [2.45, 2.75) is 20.5 Å². The Morgan fingerprint density at radius 2 is 1.92 bits per heavy atom. The Hall–Kier alpha value is -3.08. The summed E-state index contributed by atoms with van der Waals surface area (Å²) in [7, 11) is 0. The molecule has 0 aliphatic heterocycles. The molecule has 5 heteroatoms. The van der Waals surface area contributed by atoms with Crippen molar-refractivity contribution in [2.75, 3.05) is 5.32 Å². The molecule has 0 aliphatic rings. The zero-order valence-electron chi connectivity index (χ0n) is 13.6. The summed E-state index contributed by atoms with van der Waals surface area (Å²) in [6.07, 6.45) is 3.47. The molecule has 0 fully saturated rings. The van der Waals surface area contributed by atoms with Crippen LogP contribution in [0.2, 0.25) is 0 Å². The largest absolute Gasteiger partial charge is 0.485 e. The first kappa shape index (κ1) is 15.8. The third-order valence-electron chi connectivity index (χ3n) is 3.58. The van der Waals surface area contributed by atoms with Gasteiger partial charge in [0.05, 0.1) is 5.69 Å². The van der Waals surface area contributed by atoms with Crippen LogP contribution in [0.15, 0.2) is 59.3 Å². The highest BCUT2D eigenvalue weighted by atomic mass is 16.5. The number of aryl methyl sites for hydroxylation is 2. The summed E-state index contributed by atoms with van der Waals surface area (Å²) in [6, 6.07) is 13.0. The summed E-state index contributed by atoms with van der Waals surface area (Å²) in [4.78, 5) is 15.0. The lowest BCUT2D eigenvalue weighted by Crippen LogP contribution is -2.12. The number of furan rings is 1. The van der Waals surface area contributed by atoms with Gasteiger partial charge in [0.15, 0.2) is 18.2 Å². The maximum absolute atomic E-state index is 12.1. The fourth-order valence-electron chi connectivity index (χ4n) is 2.25. The molecular weight excluding hydrogens is 304 g/mol. The van der Waals surface area contributed by atoms with Crippen LogP contribution in [0.3, 0.4) is 0 Å². The summed E-state index contributed by atoms with van der Waals surface area (Å²) < 4.78 is 11.4. The van der Waals surface area contributed by atoms with Gasteiger partial charge in [-0.25, -0.2) is 4.98 Å². The van der Waals surface area contributed by atoms with E-state index in [2.05, 4.69) is 10.3 Å². The van der Waals surface area contributed by atoms with E-state index in [1.54, 1.807) is 36.7 Å². The molecule has 2 heterocycles. The van der Waals surface area contributed by atoms with Crippen LogP contribution in [0.4, 0.5) is 5.69 Å². The Morgan fingerprint density at radius 1 is 1.12 bits per heavy atom. The van der Waals surface area contributed by atoms with Gasteiger partial charge in [-0.05, 0) is 43.2 Å². The maximum atomic E-state index is 12.1. The van der Waals surface area contributed by atoms with E-state index in [-0.39, 0.29) is 18.3 Å². The standard InChI is InChI=1S/C19H18N2O3/c1-13-3-4-14(2)18(11-13)23-12-16-5-6-17(24-16)19(22)21-15-7-9-20-10-8-15/h3-11H,12H2,1-2H3,(H,20,21,22)/p+1. The van der Waals surface area contributed by atoms with E-state index < -0.39 is 0 Å². The zero-order valence-corrected chi connectivity index (χ0v) is 13.6. The Kier molecular flexibility index (Phi) is 4.61. The summed E-state index contributed by atoms with van der Waals surface area (Å²) in [5, 5.41) is 2.77. The second-order valence-electron chi connectivity index (χ2n) is 5.57. The van der Waals surface area contributed by atoms with E-state index in [4.69, 9.17) is 9.15 Å². The second-order valence-corrected chi connectivity index (χ2v) is 5.57. The summed E-state index contributed by atoms with van der Waals surface area (Å²) >= 11 is 0. The van der Waals surface area contributed by atoms with Crippen molar-refractivity contribution in [1.29, 1.82) is 0 Å². The lowest BCUT2D eigenvalue weighted by Gasteiger charge is -2.08. The van der Waals surface area contributed by atoms with Crippen molar-refractivity contribution in [2.24, 2.45) is 0 Å². The summed E-state index contributed by atoms with van der Waals surface area (Å²) in [5.41, 5.74) is 2.89. The number of hydrogen-bond donors (Lipinski definition) is 1. The van der Waals surface area contributed by atoms with Gasteiger partial charge in [-0.15, -0.1) is 0 Å². The third-order valence-corrected chi connectivity index (χ3v) is 3.58. The number of H-pyrrole nitrogens is 1. The van der Waals surface area contributed by atoms with Gasteiger partial charge in [0.1, 0.15) is 18.1 Å². The van der Waals surface area contributed by atoms with Crippen LogP contribution in [0.1, 0.15) is 27.4 Å². The predicted molar refractivity (Wildman–Crippen MR) is 89.9 cm³/mol. The molecule has 2 N–H and O–H groups in total. The molecule has 0 saturated carbocycles. The fraction of sp³-hybridized carbons (Fsp3) is 0.158. The molecule has 0 bridgehead atoms. The van der Waals surface area contributed by atoms with Crippen molar-refractivity contribution in [1.82, 2.24) is 0 Å². The number of carbonyl (C=O) groups excluding carboxylic acids is 1. The first-order valence-corrected chi connectivity index (χ1v) is 7.68. The quantitative estimate of drug-likeness (QED) is 0.781. The number of carbonyl (C=O) groups is 1. The minimum absolute atomic E-state index is 0.252. The Labute approximate surface area is 140 Å². The first-order valence-electron chi connectivity index (χ1n) is 7.68. The number of aromatic nitrogens is 1. The van der Waals surface area contributed by atoms with Gasteiger partial charge in [-0.2, -0.15) is 0 Å². The minimum Gasteiger partial charge on any atom is -0.485 e. The van der Waals surface area contributed by atoms with Gasteiger partial charge in [0.2, 0.25) is 0 Å². The summed E-state index contributed by atoms with van der Waals surface area (Å²) in [5.74, 6) is 1.38. The molecule has 0 radical (unpaired) electrons. The van der Waals surface area contributed by atoms with Crippen molar-refractivity contribution in [3.8, 4) is 5.75 Å². The normalized spacial score (nSPS) is 10.4. The molecule has 0 aliphatic carbocycles. The van der Waals surface area contributed by atoms with Gasteiger partial charge in [0.25, 0.3) is 5.91 Å². The maximum Gasteiger partial charge on any atom is 0.291 e. The average Bonchev–Trinajstić information content (AvgIpc) is 3.06. The number of benzene rings is 1. The highest BCUT2D eigenvalue weighted by Gasteiger charge is 2.12. The number of ether oxygens (including phenoxy) is 1. The van der Waals surface area contributed by atoms with Crippen LogP contribution in [0.25, 0.3) is 0 Å². The minimum atomic E-state index is -0.292. The van der Waals surface area contributed by atoms with Gasteiger partial charge in [-0.1, -0.05) is 12.1 Å². The SMILES string of the molecule is Cc1ccc(C)c(OCc2ccc(C(=O)Nc3cc[nH+]cc3)o2)c1. The van der Waals surface area contributed by atoms with E-state index in [9.17, 15) is 4.79 Å². The summed E-state index contributed by atoms with van der Waals surface area (Å²) in [6.45, 7) is 4.29. The number of aromatic amines is 1.